The molecule has 40 valence electrons. The molecule has 0 unspecified atom stereocenters. The third-order valence-electron chi connectivity index (χ3n) is 1.27. The Kier molecular flexibility index (Phi) is 3.40. The largest absolute Gasteiger partial charge is 0.202 e. The van der Waals surface area contributed by atoms with Crippen molar-refractivity contribution >= 4 is 0 Å². The topological polar surface area (TPSA) is 23.8 Å². The molecule has 0 radical (unpaired) electrons. The Balaban J connectivity index is 0.000000162. The molecule has 1 nitrogen and oxygen atoms in total. The Morgan fingerprint density at radius 1 is 1.57 bits per heavy atom. The average Bonchev–Trinajstić information content (AvgIpc) is 2.52. The van der Waals surface area contributed by atoms with Gasteiger partial charge in [0.2, 0.25) is 0 Å². The summed E-state index contributed by atoms with van der Waals surface area (Å²) in [4.78, 5) is 0. The van der Waals surface area contributed by atoms with Crippen LogP contribution in [0, 0.1) is 17.8 Å². The van der Waals surface area contributed by atoms with Crippen LogP contribution in [0.1, 0.15) is 26.2 Å². The molecular weight excluding hydrogens is 86.1 g/mol. The van der Waals surface area contributed by atoms with E-state index in [9.17, 15) is 0 Å². The highest BCUT2D eigenvalue weighted by Gasteiger charge is 2.17. The lowest BCUT2D eigenvalue weighted by Gasteiger charge is -1.72. The molecule has 0 aromatic carbocycles. The van der Waals surface area contributed by atoms with E-state index in [-0.39, 0.29) is 0 Å². The highest BCUT2D eigenvalue weighted by Crippen LogP contribution is 2.31. The fraction of sp³-hybridized carbons (Fsp3) is 0.833. The molecule has 0 saturated heterocycles. The summed E-state index contributed by atoms with van der Waals surface area (Å²) < 4.78 is 0. The van der Waals surface area contributed by atoms with Crippen LogP contribution in [0.15, 0.2) is 0 Å². The molecule has 1 fully saturated rings. The first-order chi connectivity index (χ1) is 3.43. The Morgan fingerprint density at radius 2 is 2.00 bits per heavy atom. The van der Waals surface area contributed by atoms with E-state index in [4.69, 9.17) is 5.26 Å². The maximum atomic E-state index is 6.50. The second-order valence-electron chi connectivity index (χ2n) is 1.85. The molecule has 0 atom stereocenters. The highest BCUT2D eigenvalue weighted by molar-refractivity contribution is 4.69. The van der Waals surface area contributed by atoms with Gasteiger partial charge < -0.3 is 0 Å². The molecule has 1 saturated carbocycles. The van der Waals surface area contributed by atoms with Crippen molar-refractivity contribution in [3.05, 3.63) is 0 Å². The highest BCUT2D eigenvalue weighted by atomic mass is 14.2. The second-order valence-corrected chi connectivity index (χ2v) is 1.85. The summed E-state index contributed by atoms with van der Waals surface area (Å²) in [5, 5.41) is 6.50. The van der Waals surface area contributed by atoms with Crippen molar-refractivity contribution < 1.29 is 0 Å². The van der Waals surface area contributed by atoms with Crippen LogP contribution in [0.25, 0.3) is 0 Å². The average molecular weight is 97.2 g/mol. The van der Waals surface area contributed by atoms with Crippen molar-refractivity contribution in [2.45, 2.75) is 26.2 Å². The van der Waals surface area contributed by atoms with E-state index < -0.39 is 0 Å². The van der Waals surface area contributed by atoms with Crippen molar-refractivity contribution in [2.24, 2.45) is 5.92 Å². The SMILES string of the molecule is C#N.CCC1CC1. The molecule has 1 aliphatic carbocycles. The van der Waals surface area contributed by atoms with Gasteiger partial charge >= 0.3 is 0 Å². The number of nitrogens with zero attached hydrogens (tertiary/aromatic N) is 1. The summed E-state index contributed by atoms with van der Waals surface area (Å²) in [7, 11) is 0. The van der Waals surface area contributed by atoms with Crippen LogP contribution in [0.4, 0.5) is 0 Å². The summed E-state index contributed by atoms with van der Waals surface area (Å²) >= 11 is 0. The molecule has 0 N–H and O–H groups in total. The van der Waals surface area contributed by atoms with E-state index in [1.165, 1.54) is 19.3 Å². The Morgan fingerprint density at radius 3 is 2.00 bits per heavy atom. The molecule has 0 spiro atoms. The van der Waals surface area contributed by atoms with Gasteiger partial charge in [0.15, 0.2) is 0 Å². The maximum absolute atomic E-state index is 6.50. The van der Waals surface area contributed by atoms with Gasteiger partial charge in [-0.25, -0.2) is 5.26 Å². The van der Waals surface area contributed by atoms with Crippen LogP contribution in [-0.4, -0.2) is 0 Å². The molecule has 0 aliphatic heterocycles. The number of nitriles is 1. The van der Waals surface area contributed by atoms with E-state index in [1.807, 2.05) is 0 Å². The van der Waals surface area contributed by atoms with Crippen molar-refractivity contribution in [3.63, 3.8) is 0 Å². The Labute approximate surface area is 45.0 Å². The minimum atomic E-state index is 1.13. The summed E-state index contributed by atoms with van der Waals surface area (Å²) in [6.45, 7) is 5.76. The lowest BCUT2D eigenvalue weighted by atomic mass is 10.3. The van der Waals surface area contributed by atoms with Crippen LogP contribution < -0.4 is 0 Å². The first-order valence-electron chi connectivity index (χ1n) is 2.69. The molecule has 7 heavy (non-hydrogen) atoms. The van der Waals surface area contributed by atoms with Crippen molar-refractivity contribution in [1.82, 2.24) is 0 Å². The van der Waals surface area contributed by atoms with Gasteiger partial charge in [0.05, 0.1) is 0 Å². The lowest BCUT2D eigenvalue weighted by Crippen LogP contribution is -1.59. The predicted octanol–water partition coefficient (Wildman–Crippen LogP) is 1.95. The minimum Gasteiger partial charge on any atom is -0.202 e. The summed E-state index contributed by atoms with van der Waals surface area (Å²) in [6.07, 6.45) is 4.44. The monoisotopic (exact) mass is 97.1 g/mol. The first-order valence-corrected chi connectivity index (χ1v) is 2.69. The van der Waals surface area contributed by atoms with Crippen LogP contribution in [0.2, 0.25) is 0 Å². The van der Waals surface area contributed by atoms with E-state index in [1.54, 1.807) is 0 Å². The smallest absolute Gasteiger partial charge is 0.0462 e. The van der Waals surface area contributed by atoms with Gasteiger partial charge in [-0.2, -0.15) is 0 Å². The molecule has 0 bridgehead atoms. The van der Waals surface area contributed by atoms with E-state index in [0.29, 0.717) is 0 Å². The van der Waals surface area contributed by atoms with Crippen LogP contribution in [-0.2, 0) is 0 Å². The summed E-state index contributed by atoms with van der Waals surface area (Å²) in [5.74, 6) is 1.13. The predicted molar refractivity (Wildman–Crippen MR) is 29.7 cm³/mol. The molecule has 0 heterocycles. The molecule has 0 aromatic heterocycles. The maximum Gasteiger partial charge on any atom is 0.0462 e. The van der Waals surface area contributed by atoms with Crippen LogP contribution in [0.5, 0.6) is 0 Å². The van der Waals surface area contributed by atoms with Crippen LogP contribution in [0.3, 0.4) is 0 Å². The number of hydrogen-bond acceptors (Lipinski definition) is 1. The fourth-order valence-electron chi connectivity index (χ4n) is 0.526. The first kappa shape index (κ1) is 6.49. The minimum absolute atomic E-state index is 1.13. The van der Waals surface area contributed by atoms with Gasteiger partial charge in [0.25, 0.3) is 0 Å². The zero-order valence-electron chi connectivity index (χ0n) is 4.72. The zero-order chi connectivity index (χ0) is 5.70. The van der Waals surface area contributed by atoms with Gasteiger partial charge in [-0.15, -0.1) is 0 Å². The molecule has 1 aliphatic rings. The molecule has 1 heteroatoms. The van der Waals surface area contributed by atoms with Gasteiger partial charge in [-0.05, 0) is 5.92 Å². The molecule has 0 amide bonds. The fourth-order valence-corrected chi connectivity index (χ4v) is 0.526. The van der Waals surface area contributed by atoms with Crippen molar-refractivity contribution in [3.8, 4) is 6.57 Å². The normalized spacial score (nSPS) is 17.0. The Bertz CT molecular complexity index is 52.4. The lowest BCUT2D eigenvalue weighted by molar-refractivity contribution is 0.799. The van der Waals surface area contributed by atoms with Gasteiger partial charge in [-0.1, -0.05) is 26.2 Å². The van der Waals surface area contributed by atoms with E-state index >= 15 is 0 Å². The van der Waals surface area contributed by atoms with E-state index in [0.717, 1.165) is 5.92 Å². The summed E-state index contributed by atoms with van der Waals surface area (Å²) in [6, 6.07) is 0. The summed E-state index contributed by atoms with van der Waals surface area (Å²) in [5.41, 5.74) is 0. The zero-order valence-corrected chi connectivity index (χ0v) is 4.72. The quantitative estimate of drug-likeness (QED) is 0.490. The molecule has 0 aromatic rings. The third-order valence-corrected chi connectivity index (χ3v) is 1.27. The van der Waals surface area contributed by atoms with E-state index in [2.05, 4.69) is 13.5 Å². The third kappa shape index (κ3) is 3.32. The standard InChI is InChI=1S/C5H10.CHN/c1-2-5-3-4-5;1-2/h5H,2-4H2,1H3;1H. The van der Waals surface area contributed by atoms with Gasteiger partial charge in [0.1, 0.15) is 0 Å². The van der Waals surface area contributed by atoms with Crippen molar-refractivity contribution in [1.29, 1.82) is 5.26 Å². The molecule has 1 rings (SSSR count). The molecular formula is C6H11N. The number of hydrogen-bond donors (Lipinski definition) is 0. The van der Waals surface area contributed by atoms with Gasteiger partial charge in [0, 0.05) is 6.57 Å². The van der Waals surface area contributed by atoms with Crippen LogP contribution >= 0.6 is 0 Å². The number of rotatable bonds is 1. The second kappa shape index (κ2) is 3.67. The Hall–Kier alpha value is -0.510. The van der Waals surface area contributed by atoms with Crippen molar-refractivity contribution in [2.75, 3.05) is 0 Å². The van der Waals surface area contributed by atoms with Gasteiger partial charge in [-0.3, -0.25) is 0 Å².